The normalized spacial score (nSPS) is 11.9. The fraction of sp³-hybridized carbons (Fsp3) is 0. The van der Waals surface area contributed by atoms with Crippen molar-refractivity contribution >= 4 is 65.6 Å². The maximum atomic E-state index is 6.14. The van der Waals surface area contributed by atoms with Crippen LogP contribution in [0.15, 0.2) is 211 Å². The first-order valence-electron chi connectivity index (χ1n) is 19.5. The number of nitrogens with zero attached hydrogens (tertiary/aromatic N) is 2. The van der Waals surface area contributed by atoms with E-state index in [1.54, 1.807) is 0 Å². The molecule has 0 amide bonds. The molecule has 57 heavy (non-hydrogen) atoms. The van der Waals surface area contributed by atoms with E-state index in [0.717, 1.165) is 33.3 Å². The van der Waals surface area contributed by atoms with Gasteiger partial charge in [-0.15, -0.1) is 0 Å². The van der Waals surface area contributed by atoms with Gasteiger partial charge in [-0.05, 0) is 112 Å². The lowest BCUT2D eigenvalue weighted by Crippen LogP contribution is -1.94. The summed E-state index contributed by atoms with van der Waals surface area (Å²) in [7, 11) is 0. The van der Waals surface area contributed by atoms with Crippen molar-refractivity contribution in [2.24, 2.45) is 0 Å². The van der Waals surface area contributed by atoms with Crippen LogP contribution in [0.25, 0.3) is 110 Å². The summed E-state index contributed by atoms with van der Waals surface area (Å²) < 4.78 is 10.9. The highest BCUT2D eigenvalue weighted by atomic mass is 16.3. The molecule has 266 valence electrons. The Labute approximate surface area is 328 Å². The lowest BCUT2D eigenvalue weighted by Gasteiger charge is -2.11. The second kappa shape index (κ2) is 12.5. The maximum Gasteiger partial charge on any atom is 0.135 e. The molecule has 0 aliphatic heterocycles. The van der Waals surface area contributed by atoms with Gasteiger partial charge in [0.1, 0.15) is 11.2 Å². The maximum absolute atomic E-state index is 6.14. The van der Waals surface area contributed by atoms with Crippen LogP contribution in [-0.2, 0) is 0 Å². The molecule has 0 fully saturated rings. The molecule has 3 heterocycles. The van der Waals surface area contributed by atoms with Crippen LogP contribution in [0.3, 0.4) is 0 Å². The van der Waals surface area contributed by atoms with Gasteiger partial charge in [0.25, 0.3) is 0 Å². The summed E-state index contributed by atoms with van der Waals surface area (Å²) in [5.74, 6) is 0. The number of hydrogen-bond acceptors (Lipinski definition) is 1. The predicted octanol–water partition coefficient (Wildman–Crippen LogP) is 14.8. The monoisotopic (exact) mass is 726 g/mol. The van der Waals surface area contributed by atoms with E-state index in [1.165, 1.54) is 77.0 Å². The van der Waals surface area contributed by atoms with Gasteiger partial charge < -0.3 is 13.6 Å². The van der Waals surface area contributed by atoms with Crippen LogP contribution in [0.5, 0.6) is 0 Å². The Balaban J connectivity index is 0.977. The molecule has 0 unspecified atom stereocenters. The molecule has 0 spiro atoms. The van der Waals surface area contributed by atoms with Gasteiger partial charge in [0, 0.05) is 43.7 Å². The summed E-state index contributed by atoms with van der Waals surface area (Å²) >= 11 is 0. The Morgan fingerprint density at radius 1 is 0.246 bits per heavy atom. The van der Waals surface area contributed by atoms with Crippen molar-refractivity contribution in [1.82, 2.24) is 9.13 Å². The Morgan fingerprint density at radius 2 is 0.667 bits per heavy atom. The molecule has 0 saturated heterocycles. The van der Waals surface area contributed by atoms with Crippen LogP contribution >= 0.6 is 0 Å². The van der Waals surface area contributed by atoms with Crippen molar-refractivity contribution in [3.63, 3.8) is 0 Å². The Morgan fingerprint density at radius 3 is 1.28 bits per heavy atom. The summed E-state index contributed by atoms with van der Waals surface area (Å²) in [5, 5.41) is 7.24. The van der Waals surface area contributed by atoms with Crippen molar-refractivity contribution in [2.75, 3.05) is 0 Å². The van der Waals surface area contributed by atoms with Gasteiger partial charge in [-0.3, -0.25) is 0 Å². The number of fused-ring (bicyclic) bond motifs is 9. The molecule has 0 saturated carbocycles. The van der Waals surface area contributed by atoms with Crippen molar-refractivity contribution in [1.29, 1.82) is 0 Å². The van der Waals surface area contributed by atoms with Crippen LogP contribution in [0.2, 0.25) is 0 Å². The first kappa shape index (κ1) is 31.7. The molecule has 3 nitrogen and oxygen atoms in total. The van der Waals surface area contributed by atoms with Crippen LogP contribution in [0.1, 0.15) is 0 Å². The molecule has 12 aromatic rings. The van der Waals surface area contributed by atoms with Gasteiger partial charge >= 0.3 is 0 Å². The van der Waals surface area contributed by atoms with Gasteiger partial charge in [0.15, 0.2) is 0 Å². The van der Waals surface area contributed by atoms with Gasteiger partial charge in [-0.2, -0.15) is 0 Å². The van der Waals surface area contributed by atoms with Crippen LogP contribution < -0.4 is 0 Å². The minimum atomic E-state index is 0.910. The minimum absolute atomic E-state index is 0.910. The zero-order valence-electron chi connectivity index (χ0n) is 30.9. The lowest BCUT2D eigenvalue weighted by atomic mass is 10.0. The van der Waals surface area contributed by atoms with Gasteiger partial charge in [0.2, 0.25) is 0 Å². The molecule has 0 aliphatic rings. The van der Waals surface area contributed by atoms with E-state index in [2.05, 4.69) is 203 Å². The molecular weight excluding hydrogens is 693 g/mol. The first-order chi connectivity index (χ1) is 28.2. The van der Waals surface area contributed by atoms with E-state index in [0.29, 0.717) is 0 Å². The number of hydrogen-bond donors (Lipinski definition) is 0. The summed E-state index contributed by atoms with van der Waals surface area (Å²) in [5.41, 5.74) is 16.0. The van der Waals surface area contributed by atoms with Crippen molar-refractivity contribution in [2.45, 2.75) is 0 Å². The Hall–Kier alpha value is -7.62. The van der Waals surface area contributed by atoms with Crippen LogP contribution in [0, 0.1) is 0 Å². The zero-order valence-corrected chi connectivity index (χ0v) is 30.9. The van der Waals surface area contributed by atoms with E-state index in [4.69, 9.17) is 4.42 Å². The Bertz CT molecular complexity index is 3530. The minimum Gasteiger partial charge on any atom is -0.456 e. The zero-order chi connectivity index (χ0) is 37.5. The van der Waals surface area contributed by atoms with E-state index in [-0.39, 0.29) is 0 Å². The van der Waals surface area contributed by atoms with Crippen molar-refractivity contribution in [3.8, 4) is 44.8 Å². The Kier molecular flexibility index (Phi) is 6.93. The average Bonchev–Trinajstić information content (AvgIpc) is 3.94. The predicted molar refractivity (Wildman–Crippen MR) is 239 cm³/mol. The molecule has 0 radical (unpaired) electrons. The molecule has 9 aromatic carbocycles. The first-order valence-corrected chi connectivity index (χ1v) is 19.5. The molecule has 0 atom stereocenters. The quantitative estimate of drug-likeness (QED) is 0.173. The molecule has 0 bridgehead atoms. The highest BCUT2D eigenvalue weighted by Crippen LogP contribution is 2.40. The van der Waals surface area contributed by atoms with Crippen molar-refractivity contribution in [3.05, 3.63) is 206 Å². The van der Waals surface area contributed by atoms with E-state index in [9.17, 15) is 0 Å². The lowest BCUT2D eigenvalue weighted by molar-refractivity contribution is 0.669. The summed E-state index contributed by atoms with van der Waals surface area (Å²) in [4.78, 5) is 0. The van der Waals surface area contributed by atoms with E-state index >= 15 is 0 Å². The highest BCUT2D eigenvalue weighted by Gasteiger charge is 2.17. The molecule has 3 aromatic heterocycles. The molecule has 0 aliphatic carbocycles. The van der Waals surface area contributed by atoms with E-state index in [1.807, 2.05) is 12.1 Å². The number of aromatic nitrogens is 2. The van der Waals surface area contributed by atoms with Gasteiger partial charge in [-0.1, -0.05) is 127 Å². The fourth-order valence-corrected chi connectivity index (χ4v) is 9.05. The number of rotatable bonds is 5. The summed E-state index contributed by atoms with van der Waals surface area (Å²) in [6.45, 7) is 0. The van der Waals surface area contributed by atoms with Crippen molar-refractivity contribution < 1.29 is 4.42 Å². The topological polar surface area (TPSA) is 23.0 Å². The number of para-hydroxylation sites is 3. The second-order valence-electron chi connectivity index (χ2n) is 14.9. The van der Waals surface area contributed by atoms with Gasteiger partial charge in [0.05, 0.1) is 22.1 Å². The third kappa shape index (κ3) is 4.99. The molecule has 3 heteroatoms. The SMILES string of the molecule is c1ccc(-c2cccc(-n3c4ccccc4c4cc(-c5ccc6c(c5)c5ccccc5n6-c5cccc(-c6ccc7oc8ccccc8c7c6)c5)ccc43)c2)cc1. The van der Waals surface area contributed by atoms with E-state index < -0.39 is 0 Å². The third-order valence-corrected chi connectivity index (χ3v) is 11.7. The summed E-state index contributed by atoms with van der Waals surface area (Å²) in [6, 6.07) is 74.6. The molecule has 12 rings (SSSR count). The standard InChI is InChI=1S/C54H34N2O/c1-2-12-35(13-3-1)36-14-10-16-41(30-36)55-49-21-7-4-18-43(49)46-32-38(24-27-51(46)55)39-25-28-52-47(33-39)44-19-5-8-22-50(44)56(52)42-17-11-15-37(31-42)40-26-29-54-48(34-40)45-20-6-9-23-53(45)57-54/h1-34H. The largest absolute Gasteiger partial charge is 0.456 e. The average molecular weight is 727 g/mol. The summed E-state index contributed by atoms with van der Waals surface area (Å²) in [6.07, 6.45) is 0. The number of furan rings is 1. The van der Waals surface area contributed by atoms with Crippen LogP contribution in [-0.4, -0.2) is 9.13 Å². The third-order valence-electron chi connectivity index (χ3n) is 11.7. The number of benzene rings is 9. The molecule has 0 N–H and O–H groups in total. The molecular formula is C54H34N2O. The fourth-order valence-electron chi connectivity index (χ4n) is 9.05. The van der Waals surface area contributed by atoms with Gasteiger partial charge in [-0.25, -0.2) is 0 Å². The van der Waals surface area contributed by atoms with Crippen LogP contribution in [0.4, 0.5) is 0 Å². The second-order valence-corrected chi connectivity index (χ2v) is 14.9. The smallest absolute Gasteiger partial charge is 0.135 e. The highest BCUT2D eigenvalue weighted by molar-refractivity contribution is 6.13.